The number of amides is 1. The fourth-order valence-electron chi connectivity index (χ4n) is 4.40. The topological polar surface area (TPSA) is 32.3 Å². The summed E-state index contributed by atoms with van der Waals surface area (Å²) in [6.07, 6.45) is 7.81. The number of rotatable bonds is 7. The third kappa shape index (κ3) is 5.40. The van der Waals surface area contributed by atoms with Crippen molar-refractivity contribution in [3.05, 3.63) is 52.2 Å². The minimum atomic E-state index is 0.0866. The van der Waals surface area contributed by atoms with Crippen LogP contribution in [0.15, 0.2) is 46.7 Å². The predicted molar refractivity (Wildman–Crippen MR) is 119 cm³/mol. The number of thiophene rings is 1. The van der Waals surface area contributed by atoms with E-state index in [0.29, 0.717) is 6.04 Å². The van der Waals surface area contributed by atoms with E-state index in [4.69, 9.17) is 0 Å². The third-order valence-electron chi connectivity index (χ3n) is 6.00. The summed E-state index contributed by atoms with van der Waals surface area (Å²) in [4.78, 5) is 18.0. The van der Waals surface area contributed by atoms with Gasteiger partial charge in [0.25, 0.3) is 5.91 Å². The summed E-state index contributed by atoms with van der Waals surface area (Å²) >= 11 is 3.52. The van der Waals surface area contributed by atoms with E-state index in [1.807, 2.05) is 18.2 Å². The molecular formula is C23H30N2OS2. The van der Waals surface area contributed by atoms with Gasteiger partial charge in [0, 0.05) is 41.2 Å². The van der Waals surface area contributed by atoms with Crippen molar-refractivity contribution in [1.82, 2.24) is 10.2 Å². The molecule has 1 amide bonds. The maximum atomic E-state index is 12.9. The number of nitrogens with one attached hydrogen (secondary N) is 1. The number of thioether (sulfide) groups is 1. The summed E-state index contributed by atoms with van der Waals surface area (Å²) in [7, 11) is 0. The molecule has 1 N–H and O–H groups in total. The van der Waals surface area contributed by atoms with Gasteiger partial charge in [0.05, 0.1) is 5.56 Å². The smallest absolute Gasteiger partial charge is 0.252 e. The SMILES string of the molecule is O=C(NC1CCN(CC2CCCC2)CC1)c1ccccc1SCc1cccs1. The summed E-state index contributed by atoms with van der Waals surface area (Å²) < 4.78 is 0. The summed E-state index contributed by atoms with van der Waals surface area (Å²) in [6, 6.07) is 12.6. The molecule has 0 bridgehead atoms. The number of carbonyl (C=O) groups excluding carboxylic acids is 1. The van der Waals surface area contributed by atoms with Gasteiger partial charge in [0.2, 0.25) is 0 Å². The number of likely N-dealkylation sites (tertiary alicyclic amines) is 1. The maximum Gasteiger partial charge on any atom is 0.252 e. The molecule has 1 aromatic heterocycles. The Labute approximate surface area is 176 Å². The predicted octanol–water partition coefficient (Wildman–Crippen LogP) is 5.42. The Kier molecular flexibility index (Phi) is 7.10. The molecular weight excluding hydrogens is 384 g/mol. The molecule has 4 rings (SSSR count). The van der Waals surface area contributed by atoms with Crippen LogP contribution in [0.2, 0.25) is 0 Å². The van der Waals surface area contributed by atoms with Gasteiger partial charge in [0.1, 0.15) is 0 Å². The first-order valence-corrected chi connectivity index (χ1v) is 12.4. The van der Waals surface area contributed by atoms with Crippen LogP contribution in [0.25, 0.3) is 0 Å². The van der Waals surface area contributed by atoms with Crippen molar-refractivity contribution >= 4 is 29.0 Å². The second-order valence-corrected chi connectivity index (χ2v) is 10.1. The van der Waals surface area contributed by atoms with E-state index in [1.54, 1.807) is 23.1 Å². The van der Waals surface area contributed by atoms with Gasteiger partial charge < -0.3 is 10.2 Å². The fraction of sp³-hybridized carbons (Fsp3) is 0.522. The van der Waals surface area contributed by atoms with Gasteiger partial charge >= 0.3 is 0 Å². The maximum absolute atomic E-state index is 12.9. The highest BCUT2D eigenvalue weighted by Crippen LogP contribution is 2.29. The lowest BCUT2D eigenvalue weighted by molar-refractivity contribution is 0.0903. The highest BCUT2D eigenvalue weighted by molar-refractivity contribution is 7.98. The summed E-state index contributed by atoms with van der Waals surface area (Å²) in [5.41, 5.74) is 0.817. The van der Waals surface area contributed by atoms with Crippen molar-refractivity contribution in [2.75, 3.05) is 19.6 Å². The van der Waals surface area contributed by atoms with E-state index >= 15 is 0 Å². The highest BCUT2D eigenvalue weighted by Gasteiger charge is 2.25. The quantitative estimate of drug-likeness (QED) is 0.614. The van der Waals surface area contributed by atoms with Gasteiger partial charge in [-0.05, 0) is 55.2 Å². The average molecular weight is 415 g/mol. The molecule has 1 saturated heterocycles. The zero-order valence-corrected chi connectivity index (χ0v) is 18.1. The molecule has 2 heterocycles. The molecule has 1 aliphatic carbocycles. The number of hydrogen-bond acceptors (Lipinski definition) is 4. The Hall–Kier alpha value is -1.30. The number of hydrogen-bond donors (Lipinski definition) is 1. The molecule has 0 radical (unpaired) electrons. The van der Waals surface area contributed by atoms with Gasteiger partial charge in [-0.25, -0.2) is 0 Å². The van der Waals surface area contributed by atoms with Gasteiger partial charge in [0.15, 0.2) is 0 Å². The van der Waals surface area contributed by atoms with Crippen LogP contribution in [-0.4, -0.2) is 36.5 Å². The molecule has 5 heteroatoms. The molecule has 3 nitrogen and oxygen atoms in total. The molecule has 1 aromatic carbocycles. The Bertz CT molecular complexity index is 748. The molecule has 2 aliphatic rings. The van der Waals surface area contributed by atoms with Crippen molar-refractivity contribution < 1.29 is 4.79 Å². The van der Waals surface area contributed by atoms with Crippen molar-refractivity contribution in [2.45, 2.75) is 55.2 Å². The van der Waals surface area contributed by atoms with Crippen LogP contribution >= 0.6 is 23.1 Å². The van der Waals surface area contributed by atoms with E-state index in [-0.39, 0.29) is 5.91 Å². The second kappa shape index (κ2) is 9.95. The first-order chi connectivity index (χ1) is 13.8. The lowest BCUT2D eigenvalue weighted by atomic mass is 10.0. The molecule has 28 heavy (non-hydrogen) atoms. The molecule has 2 aromatic rings. The van der Waals surface area contributed by atoms with Crippen LogP contribution in [0.1, 0.15) is 53.8 Å². The van der Waals surface area contributed by atoms with Crippen LogP contribution in [0.4, 0.5) is 0 Å². The number of benzene rings is 1. The van der Waals surface area contributed by atoms with E-state index in [9.17, 15) is 4.79 Å². The van der Waals surface area contributed by atoms with Crippen LogP contribution in [-0.2, 0) is 5.75 Å². The zero-order valence-electron chi connectivity index (χ0n) is 16.4. The Morgan fingerprint density at radius 2 is 1.86 bits per heavy atom. The molecule has 1 aliphatic heterocycles. The number of nitrogens with zero attached hydrogens (tertiary/aromatic N) is 1. The minimum absolute atomic E-state index is 0.0866. The minimum Gasteiger partial charge on any atom is -0.349 e. The van der Waals surface area contributed by atoms with Gasteiger partial charge in [-0.2, -0.15) is 0 Å². The van der Waals surface area contributed by atoms with E-state index < -0.39 is 0 Å². The molecule has 0 unspecified atom stereocenters. The number of carbonyl (C=O) groups is 1. The van der Waals surface area contributed by atoms with Gasteiger partial charge in [-0.15, -0.1) is 23.1 Å². The largest absolute Gasteiger partial charge is 0.349 e. The lowest BCUT2D eigenvalue weighted by Gasteiger charge is -2.34. The van der Waals surface area contributed by atoms with Crippen LogP contribution < -0.4 is 5.32 Å². The van der Waals surface area contributed by atoms with Crippen LogP contribution in [0.3, 0.4) is 0 Å². The fourth-order valence-corrected chi connectivity index (χ4v) is 6.23. The number of piperidine rings is 1. The van der Waals surface area contributed by atoms with Gasteiger partial charge in [-0.3, -0.25) is 4.79 Å². The van der Waals surface area contributed by atoms with Crippen LogP contribution in [0, 0.1) is 5.92 Å². The Morgan fingerprint density at radius 3 is 2.61 bits per heavy atom. The highest BCUT2D eigenvalue weighted by atomic mass is 32.2. The zero-order chi connectivity index (χ0) is 19.2. The van der Waals surface area contributed by atoms with E-state index in [2.05, 4.69) is 33.8 Å². The third-order valence-corrected chi connectivity index (χ3v) is 8.18. The van der Waals surface area contributed by atoms with Gasteiger partial charge in [-0.1, -0.05) is 31.0 Å². The molecule has 150 valence electrons. The normalized spacial score (nSPS) is 19.1. The molecule has 1 saturated carbocycles. The van der Waals surface area contributed by atoms with Crippen molar-refractivity contribution in [2.24, 2.45) is 5.92 Å². The van der Waals surface area contributed by atoms with Crippen molar-refractivity contribution in [3.8, 4) is 0 Å². The summed E-state index contributed by atoms with van der Waals surface area (Å²) in [5, 5.41) is 5.41. The average Bonchev–Trinajstić information content (AvgIpc) is 3.42. The second-order valence-electron chi connectivity index (χ2n) is 8.06. The molecule has 0 atom stereocenters. The molecule has 0 spiro atoms. The monoisotopic (exact) mass is 414 g/mol. The van der Waals surface area contributed by atoms with Crippen molar-refractivity contribution in [3.63, 3.8) is 0 Å². The Morgan fingerprint density at radius 1 is 1.07 bits per heavy atom. The lowest BCUT2D eigenvalue weighted by Crippen LogP contribution is -2.45. The standard InChI is InChI=1S/C23H30N2OS2/c26-23(21-9-3-4-10-22(21)28-17-20-8-5-15-27-20)24-19-11-13-25(14-12-19)16-18-6-1-2-7-18/h3-5,8-10,15,18-19H,1-2,6-7,11-14,16-17H2,(H,24,26). The Balaban J connectivity index is 1.28. The molecule has 2 fully saturated rings. The first kappa shape index (κ1) is 20.0. The summed E-state index contributed by atoms with van der Waals surface area (Å²) in [6.45, 7) is 3.51. The summed E-state index contributed by atoms with van der Waals surface area (Å²) in [5.74, 6) is 1.92. The van der Waals surface area contributed by atoms with Crippen LogP contribution in [0.5, 0.6) is 0 Å². The van der Waals surface area contributed by atoms with Crippen molar-refractivity contribution in [1.29, 1.82) is 0 Å². The first-order valence-electron chi connectivity index (χ1n) is 10.6. The van der Waals surface area contributed by atoms with E-state index in [1.165, 1.54) is 37.1 Å². The van der Waals surface area contributed by atoms with E-state index in [0.717, 1.165) is 48.1 Å².